The minimum atomic E-state index is -3.60. The third kappa shape index (κ3) is 5.58. The monoisotopic (exact) mass is 504 g/mol. The van der Waals surface area contributed by atoms with Gasteiger partial charge in [-0.15, -0.1) is 0 Å². The lowest BCUT2D eigenvalue weighted by atomic mass is 9.99. The van der Waals surface area contributed by atoms with Crippen molar-refractivity contribution in [2.45, 2.75) is 50.8 Å². The fraction of sp³-hybridized carbons (Fsp3) is 0.310. The summed E-state index contributed by atoms with van der Waals surface area (Å²) in [5.74, 6) is -0.393. The van der Waals surface area contributed by atoms with Gasteiger partial charge in [0.25, 0.3) is 5.91 Å². The van der Waals surface area contributed by atoms with Gasteiger partial charge in [-0.1, -0.05) is 26.0 Å². The zero-order valence-corrected chi connectivity index (χ0v) is 21.6. The van der Waals surface area contributed by atoms with E-state index in [1.54, 1.807) is 24.3 Å². The van der Waals surface area contributed by atoms with Crippen LogP contribution in [0.4, 0.5) is 5.69 Å². The van der Waals surface area contributed by atoms with Crippen molar-refractivity contribution in [3.63, 3.8) is 0 Å². The molecule has 1 aliphatic rings. The van der Waals surface area contributed by atoms with Crippen molar-refractivity contribution < 1.29 is 18.0 Å². The summed E-state index contributed by atoms with van der Waals surface area (Å²) in [6, 6.07) is 18.7. The first-order valence-electron chi connectivity index (χ1n) is 12.5. The van der Waals surface area contributed by atoms with Gasteiger partial charge in [-0.2, -0.15) is 4.31 Å². The lowest BCUT2D eigenvalue weighted by Crippen LogP contribution is -2.32. The van der Waals surface area contributed by atoms with Crippen molar-refractivity contribution in [3.05, 3.63) is 94.5 Å². The Morgan fingerprint density at radius 2 is 1.36 bits per heavy atom. The Morgan fingerprint density at radius 3 is 2.00 bits per heavy atom. The minimum Gasteiger partial charge on any atom is -0.322 e. The summed E-state index contributed by atoms with van der Waals surface area (Å²) in [6.45, 7) is 4.81. The predicted octanol–water partition coefficient (Wildman–Crippen LogP) is 5.47. The van der Waals surface area contributed by atoms with Gasteiger partial charge in [0.15, 0.2) is 5.78 Å². The second-order valence-corrected chi connectivity index (χ2v) is 11.1. The fourth-order valence-corrected chi connectivity index (χ4v) is 6.19. The van der Waals surface area contributed by atoms with Crippen molar-refractivity contribution >= 4 is 27.4 Å². The maximum Gasteiger partial charge on any atom is 0.255 e. The number of sulfonamides is 1. The van der Waals surface area contributed by atoms with E-state index in [9.17, 15) is 18.0 Å². The lowest BCUT2D eigenvalue weighted by Gasteiger charge is -2.21. The number of nitrogens with zero attached hydrogens (tertiary/aromatic N) is 1. The van der Waals surface area contributed by atoms with E-state index in [1.165, 1.54) is 39.7 Å². The molecule has 36 heavy (non-hydrogen) atoms. The van der Waals surface area contributed by atoms with Crippen molar-refractivity contribution in [3.8, 4) is 0 Å². The fourth-order valence-electron chi connectivity index (χ4n) is 4.57. The molecule has 0 radical (unpaired) electrons. The summed E-state index contributed by atoms with van der Waals surface area (Å²) in [5.41, 5.74) is 4.73. The number of carbonyl (C=O) groups is 2. The third-order valence-corrected chi connectivity index (χ3v) is 8.38. The van der Waals surface area contributed by atoms with Crippen molar-refractivity contribution in [1.82, 2.24) is 4.31 Å². The van der Waals surface area contributed by atoms with Crippen LogP contribution in [0.1, 0.15) is 70.5 Å². The summed E-state index contributed by atoms with van der Waals surface area (Å²) < 4.78 is 27.3. The summed E-state index contributed by atoms with van der Waals surface area (Å²) in [4.78, 5) is 25.8. The number of ketones is 1. The van der Waals surface area contributed by atoms with E-state index >= 15 is 0 Å². The van der Waals surface area contributed by atoms with Gasteiger partial charge in [0.05, 0.1) is 4.90 Å². The summed E-state index contributed by atoms with van der Waals surface area (Å²) in [5, 5.41) is 2.81. The van der Waals surface area contributed by atoms with E-state index in [1.807, 2.05) is 32.0 Å². The Hall–Kier alpha value is -3.29. The first-order chi connectivity index (χ1) is 17.3. The van der Waals surface area contributed by atoms with Gasteiger partial charge in [-0.3, -0.25) is 9.59 Å². The smallest absolute Gasteiger partial charge is 0.255 e. The first-order valence-corrected chi connectivity index (χ1v) is 14.0. The van der Waals surface area contributed by atoms with E-state index in [2.05, 4.69) is 5.32 Å². The molecule has 1 aliphatic carbocycles. The highest BCUT2D eigenvalue weighted by atomic mass is 32.2. The number of hydrogen-bond donors (Lipinski definition) is 1. The number of nitrogens with one attached hydrogen (secondary N) is 1. The molecule has 0 heterocycles. The largest absolute Gasteiger partial charge is 0.322 e. The second-order valence-electron chi connectivity index (χ2n) is 9.13. The van der Waals surface area contributed by atoms with Gasteiger partial charge in [-0.25, -0.2) is 8.42 Å². The molecule has 1 N–H and O–H groups in total. The molecule has 0 saturated carbocycles. The normalized spacial score (nSPS) is 13.0. The number of hydrogen-bond acceptors (Lipinski definition) is 4. The minimum absolute atomic E-state index is 0.0421. The topological polar surface area (TPSA) is 83.6 Å². The zero-order chi connectivity index (χ0) is 25.7. The summed E-state index contributed by atoms with van der Waals surface area (Å²) in [6.07, 6.45) is 4.70. The molecular weight excluding hydrogens is 472 g/mol. The molecule has 7 heteroatoms. The molecule has 0 atom stereocenters. The number of amides is 1. The standard InChI is InChI=1S/C29H32N2O4S/c1-3-18-31(19-4-2)36(34,35)27-16-12-23(13-17-27)29(33)30-26-14-10-22(11-15-26)28(32)25-9-8-21-6-5-7-24(21)20-25/h8-17,20H,3-7,18-19H2,1-2H3,(H,30,33). The van der Waals surface area contributed by atoms with Crippen LogP contribution in [0.25, 0.3) is 0 Å². The van der Waals surface area contributed by atoms with Gasteiger partial charge < -0.3 is 5.32 Å². The number of fused-ring (bicyclic) bond motifs is 1. The van der Waals surface area contributed by atoms with Crippen molar-refractivity contribution in [2.24, 2.45) is 0 Å². The Kier molecular flexibility index (Phi) is 8.01. The van der Waals surface area contributed by atoms with Crippen molar-refractivity contribution in [2.75, 3.05) is 18.4 Å². The van der Waals surface area contributed by atoms with Crippen LogP contribution in [-0.2, 0) is 22.9 Å². The second kappa shape index (κ2) is 11.2. The van der Waals surface area contributed by atoms with Crippen LogP contribution in [0.15, 0.2) is 71.6 Å². The Bertz CT molecular complexity index is 1340. The highest BCUT2D eigenvalue weighted by Crippen LogP contribution is 2.24. The summed E-state index contributed by atoms with van der Waals surface area (Å²) in [7, 11) is -3.60. The van der Waals surface area contributed by atoms with Gasteiger partial charge in [0.1, 0.15) is 0 Å². The van der Waals surface area contributed by atoms with E-state index in [-0.39, 0.29) is 16.6 Å². The van der Waals surface area contributed by atoms with Crippen LogP contribution in [0.2, 0.25) is 0 Å². The van der Waals surface area contributed by atoms with E-state index in [4.69, 9.17) is 0 Å². The quantitative estimate of drug-likeness (QED) is 0.371. The predicted molar refractivity (Wildman–Crippen MR) is 142 cm³/mol. The van der Waals surface area contributed by atoms with E-state index in [0.717, 1.165) is 32.1 Å². The summed E-state index contributed by atoms with van der Waals surface area (Å²) >= 11 is 0. The Morgan fingerprint density at radius 1 is 0.778 bits per heavy atom. The molecule has 1 amide bonds. The Balaban J connectivity index is 1.42. The van der Waals surface area contributed by atoms with E-state index in [0.29, 0.717) is 35.5 Å². The number of anilines is 1. The number of carbonyl (C=O) groups excluding carboxylic acids is 2. The average molecular weight is 505 g/mol. The highest BCUT2D eigenvalue weighted by molar-refractivity contribution is 7.89. The molecule has 3 aromatic rings. The van der Waals surface area contributed by atoms with Crippen LogP contribution in [-0.4, -0.2) is 37.5 Å². The van der Waals surface area contributed by atoms with Gasteiger partial charge >= 0.3 is 0 Å². The molecule has 0 aromatic heterocycles. The van der Waals surface area contributed by atoms with Crippen LogP contribution < -0.4 is 5.32 Å². The number of benzene rings is 3. The van der Waals surface area contributed by atoms with Gasteiger partial charge in [0, 0.05) is 35.5 Å². The average Bonchev–Trinajstić information content (AvgIpc) is 3.37. The number of rotatable bonds is 10. The SMILES string of the molecule is CCCN(CCC)S(=O)(=O)c1ccc(C(=O)Nc2ccc(C(=O)c3ccc4c(c3)CCC4)cc2)cc1. The molecule has 0 fully saturated rings. The van der Waals surface area contributed by atoms with Crippen molar-refractivity contribution in [1.29, 1.82) is 0 Å². The lowest BCUT2D eigenvalue weighted by molar-refractivity contribution is 0.102. The molecule has 188 valence electrons. The van der Waals surface area contributed by atoms with Crippen LogP contribution >= 0.6 is 0 Å². The van der Waals surface area contributed by atoms with Crippen LogP contribution in [0.3, 0.4) is 0 Å². The maximum absolute atomic E-state index is 12.9. The maximum atomic E-state index is 12.9. The molecule has 0 aliphatic heterocycles. The highest BCUT2D eigenvalue weighted by Gasteiger charge is 2.23. The molecule has 0 unspecified atom stereocenters. The van der Waals surface area contributed by atoms with Crippen LogP contribution in [0, 0.1) is 0 Å². The molecule has 0 spiro atoms. The van der Waals surface area contributed by atoms with Gasteiger partial charge in [-0.05, 0) is 97.8 Å². The third-order valence-electron chi connectivity index (χ3n) is 6.47. The molecule has 6 nitrogen and oxygen atoms in total. The van der Waals surface area contributed by atoms with Gasteiger partial charge in [0.2, 0.25) is 10.0 Å². The van der Waals surface area contributed by atoms with E-state index < -0.39 is 10.0 Å². The first kappa shape index (κ1) is 25.8. The molecule has 3 aromatic carbocycles. The molecule has 4 rings (SSSR count). The molecule has 0 saturated heterocycles. The Labute approximate surface area is 213 Å². The molecular formula is C29H32N2O4S. The zero-order valence-electron chi connectivity index (χ0n) is 20.8. The number of aryl methyl sites for hydroxylation is 2. The van der Waals surface area contributed by atoms with Crippen LogP contribution in [0.5, 0.6) is 0 Å². The molecule has 0 bridgehead atoms.